The molecule has 0 bridgehead atoms. The normalized spacial score (nSPS) is 12.0. The third-order valence-corrected chi connectivity index (χ3v) is 5.84. The monoisotopic (exact) mass is 478 g/mol. The van der Waals surface area contributed by atoms with Gasteiger partial charge in [0.1, 0.15) is 11.8 Å². The van der Waals surface area contributed by atoms with Crippen LogP contribution >= 0.6 is 23.2 Å². The molecule has 5 nitrogen and oxygen atoms in total. The first-order chi connectivity index (χ1) is 15.1. The van der Waals surface area contributed by atoms with Gasteiger partial charge in [-0.05, 0) is 54.2 Å². The number of rotatable bonds is 10. The van der Waals surface area contributed by atoms with E-state index in [2.05, 4.69) is 19.2 Å². The fraction of sp³-hybridized carbons (Fsp3) is 0.440. The van der Waals surface area contributed by atoms with Gasteiger partial charge in [-0.25, -0.2) is 0 Å². The fourth-order valence-corrected chi connectivity index (χ4v) is 3.37. The van der Waals surface area contributed by atoms with Gasteiger partial charge in [-0.2, -0.15) is 0 Å². The Hall–Kier alpha value is -2.24. The zero-order valence-electron chi connectivity index (χ0n) is 19.3. The van der Waals surface area contributed by atoms with Crippen molar-refractivity contribution in [3.05, 3.63) is 63.6 Å². The molecule has 0 aliphatic rings. The summed E-state index contributed by atoms with van der Waals surface area (Å²) >= 11 is 12.2. The van der Waals surface area contributed by atoms with Crippen LogP contribution in [0.15, 0.2) is 42.5 Å². The van der Waals surface area contributed by atoms with Crippen LogP contribution in [0.25, 0.3) is 0 Å². The molecular weight excluding hydrogens is 447 g/mol. The number of amides is 2. The standard InChI is InChI=1S/C25H32Cl2N2O3/c1-16(2)13-28-25(31)18(5)29(14-19-6-11-22(26)23(27)12-19)24(30)15-32-21-9-7-20(8-10-21)17(3)4/h6-12,16-18H,13-15H2,1-5H3,(H,28,31)/t18-/m1/s1. The van der Waals surface area contributed by atoms with Crippen molar-refractivity contribution < 1.29 is 14.3 Å². The Morgan fingerprint density at radius 3 is 2.19 bits per heavy atom. The smallest absolute Gasteiger partial charge is 0.261 e. The van der Waals surface area contributed by atoms with Crippen molar-refractivity contribution in [2.75, 3.05) is 13.2 Å². The zero-order chi connectivity index (χ0) is 23.8. The van der Waals surface area contributed by atoms with Gasteiger partial charge < -0.3 is 15.0 Å². The summed E-state index contributed by atoms with van der Waals surface area (Å²) in [6.45, 7) is 10.5. The highest BCUT2D eigenvalue weighted by atomic mass is 35.5. The number of halogens is 2. The molecule has 0 saturated heterocycles. The van der Waals surface area contributed by atoms with E-state index in [0.29, 0.717) is 34.2 Å². The molecule has 0 radical (unpaired) electrons. The zero-order valence-corrected chi connectivity index (χ0v) is 20.8. The lowest BCUT2D eigenvalue weighted by Gasteiger charge is -2.29. The molecule has 0 aliphatic heterocycles. The van der Waals surface area contributed by atoms with E-state index in [1.807, 2.05) is 38.1 Å². The van der Waals surface area contributed by atoms with Gasteiger partial charge in [0.15, 0.2) is 6.61 Å². The molecule has 0 aliphatic carbocycles. The van der Waals surface area contributed by atoms with Crippen LogP contribution in [0.3, 0.4) is 0 Å². The van der Waals surface area contributed by atoms with E-state index in [1.165, 1.54) is 10.5 Å². The van der Waals surface area contributed by atoms with Crippen molar-refractivity contribution in [2.45, 2.75) is 53.1 Å². The van der Waals surface area contributed by atoms with Crippen LogP contribution in [0.5, 0.6) is 5.75 Å². The van der Waals surface area contributed by atoms with Gasteiger partial charge in [-0.15, -0.1) is 0 Å². The third kappa shape index (κ3) is 7.72. The van der Waals surface area contributed by atoms with Gasteiger partial charge in [0, 0.05) is 13.1 Å². The van der Waals surface area contributed by atoms with E-state index >= 15 is 0 Å². The molecule has 0 fully saturated rings. The van der Waals surface area contributed by atoms with Crippen LogP contribution in [0.4, 0.5) is 0 Å². The highest BCUT2D eigenvalue weighted by Gasteiger charge is 2.26. The molecule has 0 heterocycles. The van der Waals surface area contributed by atoms with E-state index in [9.17, 15) is 9.59 Å². The Morgan fingerprint density at radius 1 is 0.969 bits per heavy atom. The second-order valence-corrected chi connectivity index (χ2v) is 9.41. The average Bonchev–Trinajstić information content (AvgIpc) is 2.76. The lowest BCUT2D eigenvalue weighted by atomic mass is 10.0. The maximum atomic E-state index is 13.1. The van der Waals surface area contributed by atoms with E-state index in [1.54, 1.807) is 25.1 Å². The van der Waals surface area contributed by atoms with Gasteiger partial charge in [0.05, 0.1) is 10.0 Å². The molecule has 2 aromatic carbocycles. The highest BCUT2D eigenvalue weighted by Crippen LogP contribution is 2.24. The summed E-state index contributed by atoms with van der Waals surface area (Å²) in [4.78, 5) is 27.3. The van der Waals surface area contributed by atoms with Gasteiger partial charge in [-0.1, -0.05) is 69.1 Å². The average molecular weight is 479 g/mol. The maximum Gasteiger partial charge on any atom is 0.261 e. The molecule has 2 amide bonds. The second-order valence-electron chi connectivity index (χ2n) is 8.60. The Morgan fingerprint density at radius 2 is 1.62 bits per heavy atom. The van der Waals surface area contributed by atoms with Gasteiger partial charge >= 0.3 is 0 Å². The number of carbonyl (C=O) groups is 2. The van der Waals surface area contributed by atoms with Crippen molar-refractivity contribution in [1.82, 2.24) is 10.2 Å². The molecular formula is C25H32Cl2N2O3. The number of nitrogens with zero attached hydrogens (tertiary/aromatic N) is 1. The number of carbonyl (C=O) groups excluding carboxylic acids is 2. The number of nitrogens with one attached hydrogen (secondary N) is 1. The van der Waals surface area contributed by atoms with Crippen molar-refractivity contribution in [2.24, 2.45) is 5.92 Å². The number of hydrogen-bond donors (Lipinski definition) is 1. The second kappa shape index (κ2) is 12.1. The minimum Gasteiger partial charge on any atom is -0.484 e. The summed E-state index contributed by atoms with van der Waals surface area (Å²) in [5.41, 5.74) is 1.97. The van der Waals surface area contributed by atoms with Crippen molar-refractivity contribution in [1.29, 1.82) is 0 Å². The van der Waals surface area contributed by atoms with Crippen molar-refractivity contribution in [3.63, 3.8) is 0 Å². The Labute approximate surface area is 201 Å². The molecule has 0 saturated carbocycles. The summed E-state index contributed by atoms with van der Waals surface area (Å²) in [5.74, 6) is 0.818. The van der Waals surface area contributed by atoms with Gasteiger partial charge in [0.25, 0.3) is 5.91 Å². The van der Waals surface area contributed by atoms with Crippen molar-refractivity contribution >= 4 is 35.0 Å². The summed E-state index contributed by atoms with van der Waals surface area (Å²) in [6.07, 6.45) is 0. The van der Waals surface area contributed by atoms with Crippen LogP contribution in [-0.2, 0) is 16.1 Å². The summed E-state index contributed by atoms with van der Waals surface area (Å²) < 4.78 is 5.72. The van der Waals surface area contributed by atoms with E-state index in [-0.39, 0.29) is 25.0 Å². The SMILES string of the molecule is CC(C)CNC(=O)[C@@H](C)N(Cc1ccc(Cl)c(Cl)c1)C(=O)COc1ccc(C(C)C)cc1. The number of benzene rings is 2. The largest absolute Gasteiger partial charge is 0.484 e. The molecule has 0 aromatic heterocycles. The molecule has 1 atom stereocenters. The number of ether oxygens (including phenoxy) is 1. The van der Waals surface area contributed by atoms with Gasteiger partial charge in [-0.3, -0.25) is 9.59 Å². The fourth-order valence-electron chi connectivity index (χ4n) is 3.05. The van der Waals surface area contributed by atoms with Crippen LogP contribution in [0, 0.1) is 5.92 Å². The Bertz CT molecular complexity index is 914. The first-order valence-corrected chi connectivity index (χ1v) is 11.6. The topological polar surface area (TPSA) is 58.6 Å². The van der Waals surface area contributed by atoms with Crippen molar-refractivity contribution in [3.8, 4) is 5.75 Å². The van der Waals surface area contributed by atoms with Crippen LogP contribution in [-0.4, -0.2) is 35.9 Å². The highest BCUT2D eigenvalue weighted by molar-refractivity contribution is 6.42. The first-order valence-electron chi connectivity index (χ1n) is 10.8. The molecule has 0 unspecified atom stereocenters. The molecule has 2 aromatic rings. The quantitative estimate of drug-likeness (QED) is 0.477. The summed E-state index contributed by atoms with van der Waals surface area (Å²) in [5, 5.41) is 3.73. The maximum absolute atomic E-state index is 13.1. The molecule has 0 spiro atoms. The molecule has 2 rings (SSSR count). The minimum atomic E-state index is -0.678. The Kier molecular flexibility index (Phi) is 9.85. The van der Waals surface area contributed by atoms with Gasteiger partial charge in [0.2, 0.25) is 5.91 Å². The molecule has 174 valence electrons. The molecule has 1 N–H and O–H groups in total. The van der Waals surface area contributed by atoms with E-state index in [4.69, 9.17) is 27.9 Å². The van der Waals surface area contributed by atoms with E-state index in [0.717, 1.165) is 5.56 Å². The van der Waals surface area contributed by atoms with Crippen LogP contribution < -0.4 is 10.1 Å². The lowest BCUT2D eigenvalue weighted by molar-refractivity contribution is -0.142. The lowest BCUT2D eigenvalue weighted by Crippen LogP contribution is -2.49. The predicted molar refractivity (Wildman–Crippen MR) is 130 cm³/mol. The van der Waals surface area contributed by atoms with Crippen LogP contribution in [0.1, 0.15) is 51.7 Å². The Balaban J connectivity index is 2.14. The van der Waals surface area contributed by atoms with E-state index < -0.39 is 6.04 Å². The first kappa shape index (κ1) is 26.0. The molecule has 7 heteroatoms. The third-order valence-electron chi connectivity index (χ3n) is 5.10. The number of hydrogen-bond acceptors (Lipinski definition) is 3. The predicted octanol–water partition coefficient (Wildman–Crippen LogP) is 5.69. The summed E-state index contributed by atoms with van der Waals surface area (Å²) in [7, 11) is 0. The molecule has 32 heavy (non-hydrogen) atoms. The minimum absolute atomic E-state index is 0.176. The van der Waals surface area contributed by atoms with Crippen LogP contribution in [0.2, 0.25) is 10.0 Å². The summed E-state index contributed by atoms with van der Waals surface area (Å²) in [6, 6.07) is 12.2.